The SMILES string of the molecule is N#C/C(=C\c1cc2cc(O)c(O)cc2oc1=O)c1ccc(-c2nc3cc(S(=O)(=O)O)ccc3o2)cc1. The number of benzene rings is 3. The largest absolute Gasteiger partial charge is 0.504 e. The lowest BCUT2D eigenvalue weighted by atomic mass is 10.0. The number of allylic oxidation sites excluding steroid dienone is 1. The minimum Gasteiger partial charge on any atom is -0.504 e. The second kappa shape index (κ2) is 8.38. The molecule has 0 bridgehead atoms. The maximum absolute atomic E-state index is 12.4. The van der Waals surface area contributed by atoms with Crippen LogP contribution in [0.1, 0.15) is 11.1 Å². The molecule has 0 atom stereocenters. The highest BCUT2D eigenvalue weighted by molar-refractivity contribution is 7.85. The van der Waals surface area contributed by atoms with Gasteiger partial charge in [0.1, 0.15) is 11.1 Å². The molecule has 0 radical (unpaired) electrons. The lowest BCUT2D eigenvalue weighted by Crippen LogP contribution is -2.03. The summed E-state index contributed by atoms with van der Waals surface area (Å²) >= 11 is 0. The molecule has 0 unspecified atom stereocenters. The zero-order valence-electron chi connectivity index (χ0n) is 18.0. The Bertz CT molecular complexity index is 1910. The van der Waals surface area contributed by atoms with E-state index in [4.69, 9.17) is 8.83 Å². The van der Waals surface area contributed by atoms with Crippen LogP contribution in [0.4, 0.5) is 0 Å². The average molecular weight is 502 g/mol. The van der Waals surface area contributed by atoms with Crippen molar-refractivity contribution >= 4 is 43.8 Å². The zero-order valence-corrected chi connectivity index (χ0v) is 18.9. The van der Waals surface area contributed by atoms with E-state index < -0.39 is 21.5 Å². The third kappa shape index (κ3) is 4.18. The van der Waals surface area contributed by atoms with Crippen molar-refractivity contribution in [3.63, 3.8) is 0 Å². The van der Waals surface area contributed by atoms with Crippen molar-refractivity contribution in [1.82, 2.24) is 4.98 Å². The highest BCUT2D eigenvalue weighted by Gasteiger charge is 2.15. The summed E-state index contributed by atoms with van der Waals surface area (Å²) in [5.41, 5.74) is 1.17. The van der Waals surface area contributed by atoms with Gasteiger partial charge in [0, 0.05) is 17.0 Å². The van der Waals surface area contributed by atoms with Crippen molar-refractivity contribution < 1.29 is 32.0 Å². The Balaban J connectivity index is 1.49. The number of hydrogen-bond donors (Lipinski definition) is 3. The smallest absolute Gasteiger partial charge is 0.343 e. The van der Waals surface area contributed by atoms with Crippen molar-refractivity contribution in [2.45, 2.75) is 4.90 Å². The van der Waals surface area contributed by atoms with E-state index in [1.54, 1.807) is 24.3 Å². The first kappa shape index (κ1) is 22.9. The number of phenolic OH excluding ortho intramolecular Hbond substituents is 2. The van der Waals surface area contributed by atoms with Crippen LogP contribution in [-0.2, 0) is 10.1 Å². The molecule has 11 heteroatoms. The summed E-state index contributed by atoms with van der Waals surface area (Å²) in [6, 6.07) is 16.1. The summed E-state index contributed by atoms with van der Waals surface area (Å²) in [5.74, 6) is -0.606. The van der Waals surface area contributed by atoms with Crippen LogP contribution in [0.2, 0.25) is 0 Å². The molecule has 5 aromatic rings. The number of oxazole rings is 1. The van der Waals surface area contributed by atoms with Gasteiger partial charge in [-0.3, -0.25) is 4.55 Å². The van der Waals surface area contributed by atoms with Gasteiger partial charge in [-0.2, -0.15) is 13.7 Å². The minimum absolute atomic E-state index is 0.0711. The molecule has 2 aromatic heterocycles. The summed E-state index contributed by atoms with van der Waals surface area (Å²) in [7, 11) is -4.38. The van der Waals surface area contributed by atoms with E-state index in [1.807, 2.05) is 6.07 Å². The van der Waals surface area contributed by atoms with Crippen LogP contribution in [0.25, 0.3) is 45.2 Å². The van der Waals surface area contributed by atoms with Crippen LogP contribution in [0.5, 0.6) is 11.5 Å². The molecular weight excluding hydrogens is 488 g/mol. The first-order valence-corrected chi connectivity index (χ1v) is 11.7. The molecule has 2 heterocycles. The Kier molecular flexibility index (Phi) is 5.32. The third-order valence-electron chi connectivity index (χ3n) is 5.38. The molecule has 0 spiro atoms. The Morgan fingerprint density at radius 2 is 1.67 bits per heavy atom. The maximum atomic E-state index is 12.4. The number of hydrogen-bond acceptors (Lipinski definition) is 9. The summed E-state index contributed by atoms with van der Waals surface area (Å²) in [4.78, 5) is 16.3. The highest BCUT2D eigenvalue weighted by atomic mass is 32.2. The Labute approximate surface area is 202 Å². The van der Waals surface area contributed by atoms with Gasteiger partial charge in [-0.15, -0.1) is 0 Å². The predicted octanol–water partition coefficient (Wildman–Crippen LogP) is 4.32. The highest BCUT2D eigenvalue weighted by Crippen LogP contribution is 2.31. The molecule has 36 heavy (non-hydrogen) atoms. The van der Waals surface area contributed by atoms with Crippen LogP contribution < -0.4 is 5.63 Å². The molecule has 0 aliphatic carbocycles. The van der Waals surface area contributed by atoms with Crippen LogP contribution in [0.15, 0.2) is 79.2 Å². The van der Waals surface area contributed by atoms with Crippen molar-refractivity contribution in [2.75, 3.05) is 0 Å². The Hall–Kier alpha value is -4.92. The first-order valence-electron chi connectivity index (χ1n) is 10.2. The number of nitriles is 1. The average Bonchev–Trinajstić information content (AvgIpc) is 3.27. The van der Waals surface area contributed by atoms with Crippen molar-refractivity contribution in [3.05, 3.63) is 82.2 Å². The fourth-order valence-corrected chi connectivity index (χ4v) is 4.08. The second-order valence-electron chi connectivity index (χ2n) is 7.74. The molecule has 0 aliphatic rings. The van der Waals surface area contributed by atoms with Gasteiger partial charge >= 0.3 is 5.63 Å². The molecule has 0 aliphatic heterocycles. The number of aromatic hydroxyl groups is 2. The van der Waals surface area contributed by atoms with Gasteiger partial charge in [0.15, 0.2) is 17.1 Å². The van der Waals surface area contributed by atoms with E-state index in [2.05, 4.69) is 4.98 Å². The minimum atomic E-state index is -4.38. The molecule has 0 saturated heterocycles. The normalized spacial score (nSPS) is 12.2. The van der Waals surface area contributed by atoms with E-state index >= 15 is 0 Å². The number of aromatic nitrogens is 1. The summed E-state index contributed by atoms with van der Waals surface area (Å²) < 4.78 is 42.8. The lowest BCUT2D eigenvalue weighted by Gasteiger charge is -2.03. The second-order valence-corrected chi connectivity index (χ2v) is 9.16. The zero-order chi connectivity index (χ0) is 25.6. The molecule has 5 rings (SSSR count). The standard InChI is InChI=1S/C25H14N2O8S/c26-12-17(8-16-7-15-9-20(28)21(29)11-23(15)35-25(16)30)13-1-3-14(4-2-13)24-27-19-10-18(36(31,32)33)5-6-22(19)34-24/h1-11,28-29H,(H,31,32,33)/b17-8+. The summed E-state index contributed by atoms with van der Waals surface area (Å²) in [5, 5.41) is 29.3. The van der Waals surface area contributed by atoms with E-state index in [0.29, 0.717) is 22.1 Å². The molecule has 178 valence electrons. The van der Waals surface area contributed by atoms with Crippen LogP contribution in [0, 0.1) is 11.3 Å². The van der Waals surface area contributed by atoms with Gasteiger partial charge in [0.05, 0.1) is 22.1 Å². The van der Waals surface area contributed by atoms with Crippen LogP contribution >= 0.6 is 0 Å². The van der Waals surface area contributed by atoms with Crippen molar-refractivity contribution in [1.29, 1.82) is 5.26 Å². The monoisotopic (exact) mass is 502 g/mol. The van der Waals surface area contributed by atoms with E-state index in [0.717, 1.165) is 6.07 Å². The van der Waals surface area contributed by atoms with Crippen molar-refractivity contribution in [2.24, 2.45) is 0 Å². The summed E-state index contributed by atoms with van der Waals surface area (Å²) in [6.45, 7) is 0. The molecule has 0 saturated carbocycles. The van der Waals surface area contributed by atoms with Gasteiger partial charge in [0.2, 0.25) is 5.89 Å². The van der Waals surface area contributed by atoms with Gasteiger partial charge < -0.3 is 19.0 Å². The maximum Gasteiger partial charge on any atom is 0.343 e. The number of fused-ring (bicyclic) bond motifs is 2. The van der Waals surface area contributed by atoms with Crippen LogP contribution in [-0.4, -0.2) is 28.2 Å². The van der Waals surface area contributed by atoms with Crippen molar-refractivity contribution in [3.8, 4) is 29.0 Å². The molecule has 0 fully saturated rings. The third-order valence-corrected chi connectivity index (χ3v) is 6.23. The predicted molar refractivity (Wildman–Crippen MR) is 129 cm³/mol. The molecule has 3 aromatic carbocycles. The quantitative estimate of drug-likeness (QED) is 0.139. The first-order chi connectivity index (χ1) is 17.1. The Morgan fingerprint density at radius 3 is 2.36 bits per heavy atom. The number of nitrogens with zero attached hydrogens (tertiary/aromatic N) is 2. The summed E-state index contributed by atoms with van der Waals surface area (Å²) in [6.07, 6.45) is 1.35. The Morgan fingerprint density at radius 1 is 0.944 bits per heavy atom. The van der Waals surface area contributed by atoms with E-state index in [-0.39, 0.29) is 38.8 Å². The molecule has 3 N–H and O–H groups in total. The fraction of sp³-hybridized carbons (Fsp3) is 0. The molecule has 10 nitrogen and oxygen atoms in total. The molecular formula is C25H14N2O8S. The lowest BCUT2D eigenvalue weighted by molar-refractivity contribution is 0.403. The van der Waals surface area contributed by atoms with Gasteiger partial charge in [0.25, 0.3) is 10.1 Å². The van der Waals surface area contributed by atoms with E-state index in [1.165, 1.54) is 36.4 Å². The van der Waals surface area contributed by atoms with Gasteiger partial charge in [-0.05, 0) is 54.1 Å². The number of rotatable bonds is 4. The van der Waals surface area contributed by atoms with E-state index in [9.17, 15) is 33.2 Å². The topological polar surface area (TPSA) is 175 Å². The van der Waals surface area contributed by atoms with Gasteiger partial charge in [-0.1, -0.05) is 12.1 Å². The van der Waals surface area contributed by atoms with Gasteiger partial charge in [-0.25, -0.2) is 9.78 Å². The van der Waals surface area contributed by atoms with Crippen LogP contribution in [0.3, 0.4) is 0 Å². The fourth-order valence-electron chi connectivity index (χ4n) is 3.58. The number of phenols is 2. The molecule has 0 amide bonds.